The lowest BCUT2D eigenvalue weighted by atomic mass is 9.97. The molecule has 0 atom stereocenters. The molecule has 1 fully saturated rings. The number of halogens is 1. The minimum absolute atomic E-state index is 0.0951. The molecule has 1 saturated heterocycles. The van der Waals surface area contributed by atoms with Crippen LogP contribution in [0.5, 0.6) is 5.75 Å². The van der Waals surface area contributed by atoms with Gasteiger partial charge in [0.15, 0.2) is 0 Å². The van der Waals surface area contributed by atoms with Crippen molar-refractivity contribution >= 4 is 15.9 Å². The van der Waals surface area contributed by atoms with Crippen molar-refractivity contribution in [2.24, 2.45) is 5.92 Å². The van der Waals surface area contributed by atoms with E-state index in [9.17, 15) is 17.6 Å². The summed E-state index contributed by atoms with van der Waals surface area (Å²) in [5.41, 5.74) is 0.897. The fourth-order valence-corrected chi connectivity index (χ4v) is 4.82. The summed E-state index contributed by atoms with van der Waals surface area (Å²) in [4.78, 5) is 16.2. The highest BCUT2D eigenvalue weighted by Gasteiger charge is 2.33. The van der Waals surface area contributed by atoms with E-state index in [1.54, 1.807) is 18.5 Å². The molecule has 1 aliphatic rings. The van der Waals surface area contributed by atoms with Crippen LogP contribution in [-0.2, 0) is 21.4 Å². The summed E-state index contributed by atoms with van der Waals surface area (Å²) in [6, 6.07) is 7.07. The van der Waals surface area contributed by atoms with Crippen molar-refractivity contribution in [3.63, 3.8) is 0 Å². The van der Waals surface area contributed by atoms with E-state index in [-0.39, 0.29) is 35.6 Å². The normalized spacial score (nSPS) is 15.9. The van der Waals surface area contributed by atoms with Gasteiger partial charge in [0, 0.05) is 37.9 Å². The molecule has 1 amide bonds. The van der Waals surface area contributed by atoms with Gasteiger partial charge in [-0.3, -0.25) is 9.78 Å². The Bertz CT molecular complexity index is 929. The van der Waals surface area contributed by atoms with Crippen molar-refractivity contribution in [3.8, 4) is 5.75 Å². The second-order valence-corrected chi connectivity index (χ2v) is 8.46. The molecule has 1 aliphatic heterocycles. The zero-order valence-corrected chi connectivity index (χ0v) is 16.3. The second kappa shape index (κ2) is 8.66. The predicted molar refractivity (Wildman–Crippen MR) is 101 cm³/mol. The minimum atomic E-state index is -3.90. The second-order valence-electron chi connectivity index (χ2n) is 6.55. The summed E-state index contributed by atoms with van der Waals surface area (Å²) in [5, 5.41) is 2.86. The number of hydrogen-bond acceptors (Lipinski definition) is 5. The Morgan fingerprint density at radius 1 is 1.32 bits per heavy atom. The van der Waals surface area contributed by atoms with E-state index in [1.165, 1.54) is 17.5 Å². The molecule has 1 aromatic carbocycles. The van der Waals surface area contributed by atoms with Crippen LogP contribution in [0.2, 0.25) is 0 Å². The molecule has 2 aromatic rings. The number of sulfonamides is 1. The van der Waals surface area contributed by atoms with Gasteiger partial charge >= 0.3 is 0 Å². The van der Waals surface area contributed by atoms with Gasteiger partial charge in [-0.1, -0.05) is 6.07 Å². The molecule has 7 nitrogen and oxygen atoms in total. The van der Waals surface area contributed by atoms with E-state index in [4.69, 9.17) is 4.74 Å². The number of hydrogen-bond donors (Lipinski definition) is 1. The van der Waals surface area contributed by atoms with Gasteiger partial charge in [0.2, 0.25) is 15.9 Å². The topological polar surface area (TPSA) is 88.6 Å². The Morgan fingerprint density at radius 2 is 2.07 bits per heavy atom. The molecule has 9 heteroatoms. The number of carbonyl (C=O) groups is 1. The third kappa shape index (κ3) is 4.48. The third-order valence-corrected chi connectivity index (χ3v) is 6.68. The Morgan fingerprint density at radius 3 is 2.71 bits per heavy atom. The Hall–Kier alpha value is -2.52. The smallest absolute Gasteiger partial charge is 0.246 e. The summed E-state index contributed by atoms with van der Waals surface area (Å²) >= 11 is 0. The van der Waals surface area contributed by atoms with Gasteiger partial charge in [-0.15, -0.1) is 0 Å². The molecule has 2 heterocycles. The maximum atomic E-state index is 13.6. The molecular formula is C19H22FN3O4S. The number of amides is 1. The van der Waals surface area contributed by atoms with Crippen LogP contribution in [0.25, 0.3) is 0 Å². The monoisotopic (exact) mass is 407 g/mol. The van der Waals surface area contributed by atoms with E-state index in [0.717, 1.165) is 17.7 Å². The Kier molecular flexibility index (Phi) is 6.25. The third-order valence-electron chi connectivity index (χ3n) is 4.76. The fraction of sp³-hybridized carbons (Fsp3) is 0.368. The van der Waals surface area contributed by atoms with Crippen molar-refractivity contribution in [2.75, 3.05) is 20.2 Å². The van der Waals surface area contributed by atoms with Gasteiger partial charge in [0.05, 0.1) is 7.11 Å². The average Bonchev–Trinajstić information content (AvgIpc) is 2.73. The van der Waals surface area contributed by atoms with Crippen LogP contribution >= 0.6 is 0 Å². The number of ether oxygens (including phenoxy) is 1. The highest BCUT2D eigenvalue weighted by Crippen LogP contribution is 2.30. The van der Waals surface area contributed by atoms with Crippen molar-refractivity contribution in [1.82, 2.24) is 14.6 Å². The van der Waals surface area contributed by atoms with Crippen molar-refractivity contribution in [2.45, 2.75) is 24.3 Å². The standard InChI is InChI=1S/C19H22FN3O4S/c1-27-17-5-4-16(20)11-18(17)28(25,26)23-9-6-15(7-10-23)19(24)22-13-14-3-2-8-21-12-14/h2-5,8,11-12,15H,6-7,9-10,13H2,1H3,(H,22,24). The van der Waals surface area contributed by atoms with Gasteiger partial charge in [-0.2, -0.15) is 4.31 Å². The van der Waals surface area contributed by atoms with Crippen LogP contribution in [0, 0.1) is 11.7 Å². The Balaban J connectivity index is 1.61. The molecule has 0 aliphatic carbocycles. The molecule has 1 aromatic heterocycles. The van der Waals surface area contributed by atoms with E-state index in [0.29, 0.717) is 19.4 Å². The average molecular weight is 407 g/mol. The molecule has 0 radical (unpaired) electrons. The maximum Gasteiger partial charge on any atom is 0.246 e. The zero-order chi connectivity index (χ0) is 20.1. The highest BCUT2D eigenvalue weighted by molar-refractivity contribution is 7.89. The summed E-state index contributed by atoms with van der Waals surface area (Å²) < 4.78 is 45.7. The lowest BCUT2D eigenvalue weighted by Crippen LogP contribution is -2.43. The highest BCUT2D eigenvalue weighted by atomic mass is 32.2. The van der Waals surface area contributed by atoms with E-state index in [2.05, 4.69) is 10.3 Å². The van der Waals surface area contributed by atoms with Crippen LogP contribution in [0.1, 0.15) is 18.4 Å². The molecular weight excluding hydrogens is 385 g/mol. The Labute approximate surface area is 163 Å². The summed E-state index contributed by atoms with van der Waals surface area (Å²) in [6.45, 7) is 0.756. The fourth-order valence-electron chi connectivity index (χ4n) is 3.19. The van der Waals surface area contributed by atoms with Crippen LogP contribution in [0.15, 0.2) is 47.6 Å². The van der Waals surface area contributed by atoms with E-state index >= 15 is 0 Å². The number of nitrogens with one attached hydrogen (secondary N) is 1. The van der Waals surface area contributed by atoms with Crippen molar-refractivity contribution in [1.29, 1.82) is 0 Å². The van der Waals surface area contributed by atoms with Crippen LogP contribution in [0.4, 0.5) is 4.39 Å². The van der Waals surface area contributed by atoms with Crippen molar-refractivity contribution < 1.29 is 22.3 Å². The molecule has 1 N–H and O–H groups in total. The van der Waals surface area contributed by atoms with Crippen LogP contribution < -0.4 is 10.1 Å². The number of piperidine rings is 1. The number of carbonyl (C=O) groups excluding carboxylic acids is 1. The number of methoxy groups -OCH3 is 1. The van der Waals surface area contributed by atoms with E-state index in [1.807, 2.05) is 6.07 Å². The van der Waals surface area contributed by atoms with Crippen LogP contribution in [0.3, 0.4) is 0 Å². The first-order valence-corrected chi connectivity index (χ1v) is 10.4. The molecule has 0 spiro atoms. The zero-order valence-electron chi connectivity index (χ0n) is 15.5. The minimum Gasteiger partial charge on any atom is -0.495 e. The molecule has 150 valence electrons. The van der Waals surface area contributed by atoms with Gasteiger partial charge in [0.25, 0.3) is 0 Å². The SMILES string of the molecule is COc1ccc(F)cc1S(=O)(=O)N1CCC(C(=O)NCc2cccnc2)CC1. The number of pyridine rings is 1. The molecule has 28 heavy (non-hydrogen) atoms. The van der Waals surface area contributed by atoms with Gasteiger partial charge in [0.1, 0.15) is 16.5 Å². The lowest BCUT2D eigenvalue weighted by molar-refractivity contribution is -0.126. The number of aromatic nitrogens is 1. The summed E-state index contributed by atoms with van der Waals surface area (Å²) in [6.07, 6.45) is 4.14. The molecule has 3 rings (SSSR count). The molecule has 0 saturated carbocycles. The first-order chi connectivity index (χ1) is 13.4. The van der Waals surface area contributed by atoms with Gasteiger partial charge in [-0.05, 0) is 42.7 Å². The number of nitrogens with zero attached hydrogens (tertiary/aromatic N) is 2. The predicted octanol–water partition coefficient (Wildman–Crippen LogP) is 1.95. The first-order valence-electron chi connectivity index (χ1n) is 8.92. The van der Waals surface area contributed by atoms with E-state index < -0.39 is 15.8 Å². The van der Waals surface area contributed by atoms with Crippen molar-refractivity contribution in [3.05, 3.63) is 54.1 Å². The number of benzene rings is 1. The largest absolute Gasteiger partial charge is 0.495 e. The maximum absolute atomic E-state index is 13.6. The van der Waals surface area contributed by atoms with Crippen LogP contribution in [-0.4, -0.2) is 43.8 Å². The lowest BCUT2D eigenvalue weighted by Gasteiger charge is -2.30. The first kappa shape index (κ1) is 20.2. The van der Waals surface area contributed by atoms with Gasteiger partial charge in [-0.25, -0.2) is 12.8 Å². The summed E-state index contributed by atoms with van der Waals surface area (Å²) in [5.74, 6) is -0.927. The molecule has 0 unspecified atom stereocenters. The summed E-state index contributed by atoms with van der Waals surface area (Å²) in [7, 11) is -2.56. The molecule has 0 bridgehead atoms. The number of rotatable bonds is 6. The quantitative estimate of drug-likeness (QED) is 0.791. The van der Waals surface area contributed by atoms with Gasteiger partial charge < -0.3 is 10.1 Å².